The Balaban J connectivity index is 2.40. The van der Waals surface area contributed by atoms with Gasteiger partial charge in [-0.3, -0.25) is 4.72 Å². The minimum atomic E-state index is -3.75. The number of sulfonamides is 1. The number of hydrogen-bond acceptors (Lipinski definition) is 3. The van der Waals surface area contributed by atoms with Crippen molar-refractivity contribution in [3.05, 3.63) is 57.5 Å². The number of rotatable bonds is 5. The molecular weight excluding hydrogens is 376 g/mol. The van der Waals surface area contributed by atoms with Crippen LogP contribution < -0.4 is 10.0 Å². The minimum absolute atomic E-state index is 0.0627. The molecule has 2 N–H and O–H groups in total. The van der Waals surface area contributed by atoms with Crippen LogP contribution in [0, 0.1) is 0 Å². The fraction of sp³-hybridized carbons (Fsp3) is 0.143. The average Bonchev–Trinajstić information content (AvgIpc) is 2.43. The summed E-state index contributed by atoms with van der Waals surface area (Å²) < 4.78 is 28.2. The molecule has 0 heterocycles. The molecule has 0 radical (unpaired) electrons. The zero-order valence-electron chi connectivity index (χ0n) is 11.2. The van der Waals surface area contributed by atoms with Gasteiger partial charge in [0.05, 0.1) is 10.7 Å². The van der Waals surface area contributed by atoms with E-state index < -0.39 is 10.0 Å². The van der Waals surface area contributed by atoms with Crippen molar-refractivity contribution in [1.29, 1.82) is 0 Å². The summed E-state index contributed by atoms with van der Waals surface area (Å²) in [6.45, 7) is 0.564. The molecule has 0 saturated carbocycles. The van der Waals surface area contributed by atoms with Crippen LogP contribution in [0.15, 0.2) is 51.8 Å². The Hall–Kier alpha value is -1.08. The van der Waals surface area contributed by atoms with Crippen molar-refractivity contribution in [3.63, 3.8) is 0 Å². The first kappa shape index (κ1) is 16.3. The zero-order valence-corrected chi connectivity index (χ0v) is 14.4. The van der Waals surface area contributed by atoms with E-state index in [-0.39, 0.29) is 9.92 Å². The summed E-state index contributed by atoms with van der Waals surface area (Å²) in [5.74, 6) is 0. The summed E-state index contributed by atoms with van der Waals surface area (Å²) in [5.41, 5.74) is 1.31. The number of anilines is 1. The highest BCUT2D eigenvalue weighted by atomic mass is 79.9. The molecule has 0 bridgehead atoms. The van der Waals surface area contributed by atoms with E-state index in [2.05, 4.69) is 26.0 Å². The summed E-state index contributed by atoms with van der Waals surface area (Å²) in [6.07, 6.45) is 0. The topological polar surface area (TPSA) is 58.2 Å². The largest absolute Gasteiger partial charge is 0.316 e. The number of hydrogen-bond donors (Lipinski definition) is 2. The summed E-state index contributed by atoms with van der Waals surface area (Å²) in [4.78, 5) is 0.0627. The molecule has 7 heteroatoms. The van der Waals surface area contributed by atoms with Gasteiger partial charge in [-0.15, -0.1) is 0 Å². The van der Waals surface area contributed by atoms with Crippen molar-refractivity contribution >= 4 is 43.2 Å². The van der Waals surface area contributed by atoms with Crippen molar-refractivity contribution in [1.82, 2.24) is 5.32 Å². The highest BCUT2D eigenvalue weighted by molar-refractivity contribution is 9.10. The first-order chi connectivity index (χ1) is 9.94. The number of halogens is 2. The van der Waals surface area contributed by atoms with Gasteiger partial charge in [-0.05, 0) is 52.8 Å². The van der Waals surface area contributed by atoms with Crippen LogP contribution in [0.25, 0.3) is 0 Å². The summed E-state index contributed by atoms with van der Waals surface area (Å²) in [6, 6.07) is 11.9. The van der Waals surface area contributed by atoms with Gasteiger partial charge < -0.3 is 5.32 Å². The van der Waals surface area contributed by atoms with E-state index in [1.54, 1.807) is 43.4 Å². The number of nitrogens with one attached hydrogen (secondary N) is 2. The molecule has 0 aliphatic carbocycles. The fourth-order valence-corrected chi connectivity index (χ4v) is 3.96. The smallest absolute Gasteiger partial charge is 0.263 e. The monoisotopic (exact) mass is 388 g/mol. The number of para-hydroxylation sites is 1. The van der Waals surface area contributed by atoms with Crippen LogP contribution in [0.1, 0.15) is 5.56 Å². The van der Waals surface area contributed by atoms with Crippen LogP contribution in [0.5, 0.6) is 0 Å². The second kappa shape index (κ2) is 6.79. The van der Waals surface area contributed by atoms with Gasteiger partial charge in [0.25, 0.3) is 10.0 Å². The van der Waals surface area contributed by atoms with Crippen molar-refractivity contribution in [2.75, 3.05) is 11.8 Å². The fourth-order valence-electron chi connectivity index (χ4n) is 1.81. The Bertz CT molecular complexity index is 750. The Labute approximate surface area is 137 Å². The van der Waals surface area contributed by atoms with E-state index in [0.29, 0.717) is 16.7 Å². The van der Waals surface area contributed by atoms with E-state index in [1.807, 2.05) is 6.07 Å². The van der Waals surface area contributed by atoms with Crippen LogP contribution in [-0.4, -0.2) is 15.5 Å². The highest BCUT2D eigenvalue weighted by Gasteiger charge is 2.19. The molecular formula is C14H14BrClN2O2S. The lowest BCUT2D eigenvalue weighted by Gasteiger charge is -2.12. The standard InChI is InChI=1S/C14H14BrClN2O2S/c1-17-9-10-6-7-12(16)14(8-10)21(19,20)18-13-5-3-2-4-11(13)15/h2-8,17-18H,9H2,1H3. The SMILES string of the molecule is CNCc1ccc(Cl)c(S(=O)(=O)Nc2ccccc2Br)c1. The normalized spacial score (nSPS) is 11.4. The molecule has 0 fully saturated rings. The van der Waals surface area contributed by atoms with Crippen LogP contribution in [0.3, 0.4) is 0 Å². The Morgan fingerprint density at radius 2 is 1.90 bits per heavy atom. The molecule has 2 rings (SSSR count). The summed E-state index contributed by atoms with van der Waals surface area (Å²) in [7, 11) is -1.95. The first-order valence-electron chi connectivity index (χ1n) is 6.14. The molecule has 4 nitrogen and oxygen atoms in total. The van der Waals surface area contributed by atoms with Gasteiger partial charge in [-0.1, -0.05) is 29.8 Å². The summed E-state index contributed by atoms with van der Waals surface area (Å²) in [5, 5.41) is 3.16. The second-order valence-corrected chi connectivity index (χ2v) is 7.29. The van der Waals surface area contributed by atoms with Crippen LogP contribution in [0.4, 0.5) is 5.69 Å². The molecule has 0 aromatic heterocycles. The minimum Gasteiger partial charge on any atom is -0.316 e. The lowest BCUT2D eigenvalue weighted by Crippen LogP contribution is -2.15. The molecule has 0 saturated heterocycles. The molecule has 0 unspecified atom stereocenters. The second-order valence-electron chi connectivity index (χ2n) is 4.38. The highest BCUT2D eigenvalue weighted by Crippen LogP contribution is 2.28. The Morgan fingerprint density at radius 3 is 2.57 bits per heavy atom. The van der Waals surface area contributed by atoms with Crippen LogP contribution in [-0.2, 0) is 16.6 Å². The predicted octanol–water partition coefficient (Wildman–Crippen LogP) is 3.62. The maximum atomic E-state index is 12.5. The van der Waals surface area contributed by atoms with Crippen LogP contribution >= 0.6 is 27.5 Å². The third-order valence-electron chi connectivity index (χ3n) is 2.78. The van der Waals surface area contributed by atoms with E-state index in [9.17, 15) is 8.42 Å². The first-order valence-corrected chi connectivity index (χ1v) is 8.80. The van der Waals surface area contributed by atoms with Gasteiger partial charge in [0.15, 0.2) is 0 Å². The van der Waals surface area contributed by atoms with E-state index in [4.69, 9.17) is 11.6 Å². The molecule has 112 valence electrons. The Morgan fingerprint density at radius 1 is 1.19 bits per heavy atom. The lowest BCUT2D eigenvalue weighted by molar-refractivity contribution is 0.601. The van der Waals surface area contributed by atoms with Crippen molar-refractivity contribution in [2.45, 2.75) is 11.4 Å². The molecule has 21 heavy (non-hydrogen) atoms. The van der Waals surface area contributed by atoms with Crippen molar-refractivity contribution in [2.24, 2.45) is 0 Å². The molecule has 0 atom stereocenters. The predicted molar refractivity (Wildman–Crippen MR) is 89.2 cm³/mol. The maximum absolute atomic E-state index is 12.5. The van der Waals surface area contributed by atoms with Crippen LogP contribution in [0.2, 0.25) is 5.02 Å². The molecule has 0 aliphatic rings. The van der Waals surface area contributed by atoms with Crippen molar-refractivity contribution < 1.29 is 8.42 Å². The van der Waals surface area contributed by atoms with Gasteiger partial charge >= 0.3 is 0 Å². The third kappa shape index (κ3) is 3.97. The van der Waals surface area contributed by atoms with Gasteiger partial charge in [0.2, 0.25) is 0 Å². The molecule has 2 aromatic rings. The molecule has 0 spiro atoms. The number of benzene rings is 2. The molecule has 0 amide bonds. The summed E-state index contributed by atoms with van der Waals surface area (Å²) >= 11 is 9.35. The Kier molecular flexibility index (Phi) is 5.27. The third-order valence-corrected chi connectivity index (χ3v) is 5.32. The molecule has 2 aromatic carbocycles. The van der Waals surface area contributed by atoms with Crippen molar-refractivity contribution in [3.8, 4) is 0 Å². The average molecular weight is 390 g/mol. The lowest BCUT2D eigenvalue weighted by atomic mass is 10.2. The zero-order chi connectivity index (χ0) is 15.5. The van der Waals surface area contributed by atoms with Gasteiger partial charge in [-0.25, -0.2) is 8.42 Å². The quantitative estimate of drug-likeness (QED) is 0.821. The van der Waals surface area contributed by atoms with Gasteiger partial charge in [-0.2, -0.15) is 0 Å². The maximum Gasteiger partial charge on any atom is 0.263 e. The van der Waals surface area contributed by atoms with Gasteiger partial charge in [0, 0.05) is 11.0 Å². The van der Waals surface area contributed by atoms with E-state index >= 15 is 0 Å². The van der Waals surface area contributed by atoms with E-state index in [0.717, 1.165) is 5.56 Å². The van der Waals surface area contributed by atoms with E-state index in [1.165, 1.54) is 0 Å². The van der Waals surface area contributed by atoms with Gasteiger partial charge in [0.1, 0.15) is 4.90 Å². The molecule has 0 aliphatic heterocycles.